The molecule has 0 radical (unpaired) electrons. The third kappa shape index (κ3) is 2.71. The summed E-state index contributed by atoms with van der Waals surface area (Å²) in [5.41, 5.74) is -1.15. The van der Waals surface area contributed by atoms with E-state index in [2.05, 4.69) is 0 Å². The monoisotopic (exact) mass is 304 g/mol. The number of halogens is 2. The molecule has 0 amide bonds. The van der Waals surface area contributed by atoms with Crippen molar-refractivity contribution >= 4 is 17.3 Å². The lowest BCUT2D eigenvalue weighted by Crippen LogP contribution is -2.23. The van der Waals surface area contributed by atoms with E-state index in [1.165, 1.54) is 43.3 Å². The predicted molar refractivity (Wildman–Crippen MR) is 76.6 cm³/mol. The summed E-state index contributed by atoms with van der Waals surface area (Å²) in [6, 6.07) is 11.5. The lowest BCUT2D eigenvalue weighted by molar-refractivity contribution is -0.385. The van der Waals surface area contributed by atoms with Gasteiger partial charge in [0.15, 0.2) is 0 Å². The van der Waals surface area contributed by atoms with E-state index in [0.717, 1.165) is 0 Å². The fourth-order valence-electron chi connectivity index (χ4n) is 2.15. The Bertz CT molecular complexity index is 758. The SMILES string of the molecule is CC(C#N)(c1cccc(F)c1)c1cc(Cl)ccc1[N+](=O)[O-]. The number of hydrogen-bond acceptors (Lipinski definition) is 3. The molecule has 0 aromatic heterocycles. The Hall–Kier alpha value is -2.45. The second kappa shape index (κ2) is 5.51. The number of nitriles is 1. The first-order chi connectivity index (χ1) is 9.88. The Morgan fingerprint density at radius 2 is 2.05 bits per heavy atom. The zero-order valence-electron chi connectivity index (χ0n) is 11.0. The second-order valence-electron chi connectivity index (χ2n) is 4.67. The molecule has 0 aliphatic rings. The molecule has 0 saturated heterocycles. The molecular formula is C15H10ClFN2O2. The number of nitro benzene ring substituents is 1. The summed E-state index contributed by atoms with van der Waals surface area (Å²) < 4.78 is 13.4. The number of benzene rings is 2. The van der Waals surface area contributed by atoms with Gasteiger partial charge in [0, 0.05) is 11.1 Å². The summed E-state index contributed by atoms with van der Waals surface area (Å²) in [5.74, 6) is -0.515. The zero-order chi connectivity index (χ0) is 15.6. The highest BCUT2D eigenvalue weighted by molar-refractivity contribution is 6.30. The molecule has 0 heterocycles. The molecule has 0 aliphatic heterocycles. The predicted octanol–water partition coefficient (Wildman–Crippen LogP) is 4.22. The highest BCUT2D eigenvalue weighted by Gasteiger charge is 2.35. The van der Waals surface area contributed by atoms with E-state index >= 15 is 0 Å². The van der Waals surface area contributed by atoms with Crippen molar-refractivity contribution in [3.05, 3.63) is 74.5 Å². The van der Waals surface area contributed by atoms with Crippen LogP contribution in [0.25, 0.3) is 0 Å². The Morgan fingerprint density at radius 1 is 1.33 bits per heavy atom. The van der Waals surface area contributed by atoms with Crippen LogP contribution in [-0.2, 0) is 5.41 Å². The van der Waals surface area contributed by atoms with Gasteiger partial charge >= 0.3 is 0 Å². The third-order valence-electron chi connectivity index (χ3n) is 3.32. The van der Waals surface area contributed by atoms with Gasteiger partial charge < -0.3 is 0 Å². The zero-order valence-corrected chi connectivity index (χ0v) is 11.8. The average Bonchev–Trinajstić information content (AvgIpc) is 2.46. The van der Waals surface area contributed by atoms with Crippen molar-refractivity contribution in [3.63, 3.8) is 0 Å². The summed E-state index contributed by atoms with van der Waals surface area (Å²) >= 11 is 5.90. The van der Waals surface area contributed by atoms with Crippen molar-refractivity contribution in [2.45, 2.75) is 12.3 Å². The van der Waals surface area contributed by atoms with Gasteiger partial charge in [-0.15, -0.1) is 0 Å². The molecule has 1 atom stereocenters. The van der Waals surface area contributed by atoms with E-state index in [4.69, 9.17) is 11.6 Å². The fourth-order valence-corrected chi connectivity index (χ4v) is 2.32. The van der Waals surface area contributed by atoms with E-state index in [1.807, 2.05) is 6.07 Å². The van der Waals surface area contributed by atoms with Gasteiger partial charge in [0.05, 0.1) is 16.6 Å². The normalized spacial score (nSPS) is 13.2. The molecule has 0 bridgehead atoms. The molecule has 0 spiro atoms. The molecule has 21 heavy (non-hydrogen) atoms. The van der Waals surface area contributed by atoms with Crippen LogP contribution < -0.4 is 0 Å². The lowest BCUT2D eigenvalue weighted by atomic mass is 9.77. The van der Waals surface area contributed by atoms with Crippen molar-refractivity contribution in [2.24, 2.45) is 0 Å². The van der Waals surface area contributed by atoms with Crippen LogP contribution in [0.4, 0.5) is 10.1 Å². The van der Waals surface area contributed by atoms with Crippen molar-refractivity contribution in [1.82, 2.24) is 0 Å². The first kappa shape index (κ1) is 14.9. The van der Waals surface area contributed by atoms with E-state index in [-0.39, 0.29) is 16.3 Å². The fraction of sp³-hybridized carbons (Fsp3) is 0.133. The van der Waals surface area contributed by atoms with E-state index < -0.39 is 16.2 Å². The van der Waals surface area contributed by atoms with Crippen LogP contribution in [0, 0.1) is 27.3 Å². The summed E-state index contributed by atoms with van der Waals surface area (Å²) in [4.78, 5) is 10.6. The smallest absolute Gasteiger partial charge is 0.258 e. The molecular weight excluding hydrogens is 295 g/mol. The number of hydrogen-bond donors (Lipinski definition) is 0. The van der Waals surface area contributed by atoms with Gasteiger partial charge in [0.1, 0.15) is 11.2 Å². The Morgan fingerprint density at radius 3 is 2.62 bits per heavy atom. The Balaban J connectivity index is 2.75. The van der Waals surface area contributed by atoms with Crippen LogP contribution in [0.5, 0.6) is 0 Å². The van der Waals surface area contributed by atoms with E-state index in [1.54, 1.807) is 6.07 Å². The van der Waals surface area contributed by atoms with E-state index in [0.29, 0.717) is 5.56 Å². The van der Waals surface area contributed by atoms with Gasteiger partial charge in [-0.25, -0.2) is 4.39 Å². The standard InChI is InChI=1S/C15H10ClFN2O2/c1-15(9-18,10-3-2-4-12(17)7-10)13-8-11(16)5-6-14(13)19(20)21/h2-8H,1H3. The van der Waals surface area contributed by atoms with Crippen molar-refractivity contribution in [3.8, 4) is 6.07 Å². The highest BCUT2D eigenvalue weighted by atomic mass is 35.5. The maximum Gasteiger partial charge on any atom is 0.274 e. The first-order valence-corrected chi connectivity index (χ1v) is 6.38. The van der Waals surface area contributed by atoms with Crippen LogP contribution in [0.2, 0.25) is 5.02 Å². The van der Waals surface area contributed by atoms with Crippen LogP contribution in [-0.4, -0.2) is 4.92 Å². The van der Waals surface area contributed by atoms with E-state index in [9.17, 15) is 19.8 Å². The topological polar surface area (TPSA) is 66.9 Å². The molecule has 2 aromatic carbocycles. The number of rotatable bonds is 3. The van der Waals surface area contributed by atoms with Crippen molar-refractivity contribution < 1.29 is 9.31 Å². The van der Waals surface area contributed by atoms with Gasteiger partial charge in [-0.1, -0.05) is 23.7 Å². The molecule has 0 saturated carbocycles. The number of nitrogens with zero attached hydrogens (tertiary/aromatic N) is 2. The van der Waals surface area contributed by atoms with Crippen LogP contribution in [0.15, 0.2) is 42.5 Å². The van der Waals surface area contributed by atoms with Gasteiger partial charge in [-0.2, -0.15) is 5.26 Å². The molecule has 1 unspecified atom stereocenters. The molecule has 2 rings (SSSR count). The highest BCUT2D eigenvalue weighted by Crippen LogP contribution is 2.38. The van der Waals surface area contributed by atoms with Crippen LogP contribution in [0.3, 0.4) is 0 Å². The first-order valence-electron chi connectivity index (χ1n) is 6.00. The van der Waals surface area contributed by atoms with Crippen molar-refractivity contribution in [2.75, 3.05) is 0 Å². The Kier molecular flexibility index (Phi) is 3.92. The van der Waals surface area contributed by atoms with Gasteiger partial charge in [-0.3, -0.25) is 10.1 Å². The van der Waals surface area contributed by atoms with Crippen molar-refractivity contribution in [1.29, 1.82) is 5.26 Å². The third-order valence-corrected chi connectivity index (χ3v) is 3.55. The molecule has 6 heteroatoms. The molecule has 4 nitrogen and oxygen atoms in total. The average molecular weight is 305 g/mol. The molecule has 0 N–H and O–H groups in total. The lowest BCUT2D eigenvalue weighted by Gasteiger charge is -2.22. The number of nitro groups is 1. The minimum absolute atomic E-state index is 0.133. The minimum atomic E-state index is -1.38. The second-order valence-corrected chi connectivity index (χ2v) is 5.10. The van der Waals surface area contributed by atoms with Gasteiger partial charge in [0.25, 0.3) is 5.69 Å². The van der Waals surface area contributed by atoms with Gasteiger partial charge in [0.2, 0.25) is 0 Å². The molecule has 2 aromatic rings. The molecule has 0 aliphatic carbocycles. The summed E-state index contributed by atoms with van der Waals surface area (Å²) in [6.45, 7) is 1.50. The summed E-state index contributed by atoms with van der Waals surface area (Å²) in [5, 5.41) is 21.0. The summed E-state index contributed by atoms with van der Waals surface area (Å²) in [6.07, 6.45) is 0. The maximum absolute atomic E-state index is 13.4. The maximum atomic E-state index is 13.4. The summed E-state index contributed by atoms with van der Waals surface area (Å²) in [7, 11) is 0. The minimum Gasteiger partial charge on any atom is -0.258 e. The Labute approximate surface area is 125 Å². The quantitative estimate of drug-likeness (QED) is 0.630. The molecule has 0 fully saturated rings. The van der Waals surface area contributed by atoms with Crippen LogP contribution >= 0.6 is 11.6 Å². The van der Waals surface area contributed by atoms with Crippen LogP contribution in [0.1, 0.15) is 18.1 Å². The van der Waals surface area contributed by atoms with Gasteiger partial charge in [-0.05, 0) is 36.8 Å². The largest absolute Gasteiger partial charge is 0.274 e. The molecule has 106 valence electrons.